The highest BCUT2D eigenvalue weighted by molar-refractivity contribution is 6.33. The van der Waals surface area contributed by atoms with E-state index in [9.17, 15) is 5.11 Å². The Balaban J connectivity index is 2.24. The average Bonchev–Trinajstić information content (AvgIpc) is 2.47. The Bertz CT molecular complexity index is 533. The highest BCUT2D eigenvalue weighted by Crippen LogP contribution is 2.26. The van der Waals surface area contributed by atoms with Crippen LogP contribution in [0, 0.1) is 0 Å². The van der Waals surface area contributed by atoms with Gasteiger partial charge in [-0.15, -0.1) is 0 Å². The number of hydrogen-bond acceptors (Lipinski definition) is 4. The van der Waals surface area contributed by atoms with Crippen LogP contribution in [0.1, 0.15) is 24.2 Å². The molecule has 1 aromatic carbocycles. The van der Waals surface area contributed by atoms with Crippen LogP contribution in [0.4, 0.5) is 5.82 Å². The van der Waals surface area contributed by atoms with Crippen molar-refractivity contribution in [2.45, 2.75) is 19.4 Å². The third-order valence-corrected chi connectivity index (χ3v) is 3.29. The smallest absolute Gasteiger partial charge is 0.149 e. The van der Waals surface area contributed by atoms with Crippen LogP contribution in [-0.2, 0) is 6.42 Å². The average molecular weight is 278 g/mol. The van der Waals surface area contributed by atoms with Gasteiger partial charge in [0, 0.05) is 0 Å². The first-order valence-corrected chi connectivity index (χ1v) is 6.55. The predicted molar refractivity (Wildman–Crippen MR) is 76.3 cm³/mol. The molecule has 2 N–H and O–H groups in total. The standard InChI is InChI=1S/C14H16ClN3O/c1-2-11-13(15)14(17-9-16-11)18-12(8-19)10-6-4-3-5-7-10/h3-7,9,12,19H,2,8H2,1H3,(H,16,17,18)/t12-/m0/s1. The number of nitrogens with zero attached hydrogens (tertiary/aromatic N) is 2. The molecule has 2 rings (SSSR count). The van der Waals surface area contributed by atoms with Crippen LogP contribution in [0.15, 0.2) is 36.7 Å². The Kier molecular flexibility index (Phi) is 4.71. The number of aromatic nitrogens is 2. The maximum atomic E-state index is 9.51. The molecule has 0 saturated carbocycles. The van der Waals surface area contributed by atoms with E-state index in [1.165, 1.54) is 6.33 Å². The van der Waals surface area contributed by atoms with Crippen molar-refractivity contribution in [3.8, 4) is 0 Å². The van der Waals surface area contributed by atoms with E-state index in [0.717, 1.165) is 17.7 Å². The minimum atomic E-state index is -0.238. The van der Waals surface area contributed by atoms with Crippen molar-refractivity contribution in [3.63, 3.8) is 0 Å². The molecular formula is C14H16ClN3O. The van der Waals surface area contributed by atoms with Crippen LogP contribution in [0.2, 0.25) is 5.02 Å². The molecule has 1 heterocycles. The van der Waals surface area contributed by atoms with Crippen molar-refractivity contribution >= 4 is 17.4 Å². The summed E-state index contributed by atoms with van der Waals surface area (Å²) in [5.41, 5.74) is 1.78. The number of halogens is 1. The maximum Gasteiger partial charge on any atom is 0.149 e. The summed E-state index contributed by atoms with van der Waals surface area (Å²) in [6, 6.07) is 9.45. The van der Waals surface area contributed by atoms with Gasteiger partial charge in [0.05, 0.1) is 18.3 Å². The third kappa shape index (κ3) is 3.22. The molecule has 1 aromatic heterocycles. The van der Waals surface area contributed by atoms with E-state index in [2.05, 4.69) is 15.3 Å². The molecular weight excluding hydrogens is 262 g/mol. The number of nitrogens with one attached hydrogen (secondary N) is 1. The fourth-order valence-corrected chi connectivity index (χ4v) is 2.12. The lowest BCUT2D eigenvalue weighted by atomic mass is 10.1. The summed E-state index contributed by atoms with van der Waals surface area (Å²) in [5.74, 6) is 0.552. The minimum Gasteiger partial charge on any atom is -0.394 e. The summed E-state index contributed by atoms with van der Waals surface area (Å²) < 4.78 is 0. The zero-order valence-corrected chi connectivity index (χ0v) is 11.4. The number of rotatable bonds is 5. The number of aliphatic hydroxyl groups excluding tert-OH is 1. The summed E-state index contributed by atoms with van der Waals surface area (Å²) >= 11 is 6.23. The first kappa shape index (κ1) is 13.8. The lowest BCUT2D eigenvalue weighted by Gasteiger charge is -2.18. The fraction of sp³-hybridized carbons (Fsp3) is 0.286. The molecule has 0 bridgehead atoms. The summed E-state index contributed by atoms with van der Waals surface area (Å²) in [4.78, 5) is 8.25. The van der Waals surface area contributed by atoms with Gasteiger partial charge in [-0.25, -0.2) is 9.97 Å². The molecule has 1 atom stereocenters. The zero-order chi connectivity index (χ0) is 13.7. The van der Waals surface area contributed by atoms with Gasteiger partial charge in [-0.1, -0.05) is 48.9 Å². The van der Waals surface area contributed by atoms with Crippen LogP contribution in [-0.4, -0.2) is 21.7 Å². The molecule has 0 saturated heterocycles. The van der Waals surface area contributed by atoms with E-state index in [1.807, 2.05) is 37.3 Å². The van der Waals surface area contributed by atoms with Gasteiger partial charge in [0.25, 0.3) is 0 Å². The molecule has 0 radical (unpaired) electrons. The van der Waals surface area contributed by atoms with Crippen LogP contribution in [0.25, 0.3) is 0 Å². The Morgan fingerprint density at radius 1 is 1.26 bits per heavy atom. The van der Waals surface area contributed by atoms with Crippen molar-refractivity contribution in [2.75, 3.05) is 11.9 Å². The second-order valence-corrected chi connectivity index (χ2v) is 4.50. The van der Waals surface area contributed by atoms with Gasteiger partial charge >= 0.3 is 0 Å². The molecule has 0 unspecified atom stereocenters. The molecule has 100 valence electrons. The van der Waals surface area contributed by atoms with E-state index < -0.39 is 0 Å². The maximum absolute atomic E-state index is 9.51. The molecule has 2 aromatic rings. The van der Waals surface area contributed by atoms with E-state index in [-0.39, 0.29) is 12.6 Å². The Morgan fingerprint density at radius 3 is 2.63 bits per heavy atom. The van der Waals surface area contributed by atoms with E-state index >= 15 is 0 Å². The second-order valence-electron chi connectivity index (χ2n) is 4.13. The molecule has 0 spiro atoms. The number of benzene rings is 1. The SMILES string of the molecule is CCc1ncnc(N[C@@H](CO)c2ccccc2)c1Cl. The molecule has 0 amide bonds. The van der Waals surface area contributed by atoms with Gasteiger partial charge in [-0.2, -0.15) is 0 Å². The summed E-state index contributed by atoms with van der Waals surface area (Å²) in [6.07, 6.45) is 2.22. The van der Waals surface area contributed by atoms with Crippen LogP contribution < -0.4 is 5.32 Å². The number of aliphatic hydroxyl groups is 1. The van der Waals surface area contributed by atoms with E-state index in [0.29, 0.717) is 10.8 Å². The number of aryl methyl sites for hydroxylation is 1. The van der Waals surface area contributed by atoms with Gasteiger partial charge in [0.15, 0.2) is 0 Å². The van der Waals surface area contributed by atoms with Crippen molar-refractivity contribution in [2.24, 2.45) is 0 Å². The molecule has 0 aliphatic rings. The first-order valence-electron chi connectivity index (χ1n) is 6.18. The van der Waals surface area contributed by atoms with Gasteiger partial charge in [0.2, 0.25) is 0 Å². The molecule has 5 heteroatoms. The van der Waals surface area contributed by atoms with Gasteiger partial charge in [-0.05, 0) is 12.0 Å². The zero-order valence-electron chi connectivity index (χ0n) is 10.7. The highest BCUT2D eigenvalue weighted by atomic mass is 35.5. The van der Waals surface area contributed by atoms with E-state index in [1.54, 1.807) is 0 Å². The molecule has 0 aliphatic heterocycles. The highest BCUT2D eigenvalue weighted by Gasteiger charge is 2.14. The summed E-state index contributed by atoms with van der Waals surface area (Å²) in [7, 11) is 0. The van der Waals surface area contributed by atoms with Crippen LogP contribution in [0.3, 0.4) is 0 Å². The quantitative estimate of drug-likeness (QED) is 0.882. The number of anilines is 1. The molecule has 4 nitrogen and oxygen atoms in total. The predicted octanol–water partition coefficient (Wildman–Crippen LogP) is 2.84. The lowest BCUT2D eigenvalue weighted by molar-refractivity contribution is 0.276. The van der Waals surface area contributed by atoms with Crippen LogP contribution >= 0.6 is 11.6 Å². The molecule has 0 aliphatic carbocycles. The van der Waals surface area contributed by atoms with Gasteiger partial charge in [-0.3, -0.25) is 0 Å². The number of hydrogen-bond donors (Lipinski definition) is 2. The van der Waals surface area contributed by atoms with Crippen molar-refractivity contribution in [3.05, 3.63) is 52.9 Å². The largest absolute Gasteiger partial charge is 0.394 e. The van der Waals surface area contributed by atoms with Gasteiger partial charge < -0.3 is 10.4 Å². The van der Waals surface area contributed by atoms with Gasteiger partial charge in [0.1, 0.15) is 17.2 Å². The van der Waals surface area contributed by atoms with E-state index in [4.69, 9.17) is 11.6 Å². The topological polar surface area (TPSA) is 58.0 Å². The molecule has 19 heavy (non-hydrogen) atoms. The van der Waals surface area contributed by atoms with Crippen molar-refractivity contribution in [1.82, 2.24) is 9.97 Å². The van der Waals surface area contributed by atoms with Crippen LogP contribution in [0.5, 0.6) is 0 Å². The summed E-state index contributed by atoms with van der Waals surface area (Å²) in [6.45, 7) is 1.95. The minimum absolute atomic E-state index is 0.0359. The monoisotopic (exact) mass is 277 g/mol. The lowest BCUT2D eigenvalue weighted by Crippen LogP contribution is -2.16. The second kappa shape index (κ2) is 6.50. The molecule has 0 fully saturated rings. The van der Waals surface area contributed by atoms with Crippen molar-refractivity contribution < 1.29 is 5.11 Å². The Hall–Kier alpha value is -1.65. The fourth-order valence-electron chi connectivity index (χ4n) is 1.84. The third-order valence-electron chi connectivity index (χ3n) is 2.89. The van der Waals surface area contributed by atoms with Crippen molar-refractivity contribution in [1.29, 1.82) is 0 Å². The summed E-state index contributed by atoms with van der Waals surface area (Å²) in [5, 5.41) is 13.2. The Morgan fingerprint density at radius 2 is 2.00 bits per heavy atom. The Labute approximate surface area is 117 Å². The normalized spacial score (nSPS) is 12.2. The first-order chi connectivity index (χ1) is 9.26.